The molecule has 0 aromatic heterocycles. The van der Waals surface area contributed by atoms with Crippen molar-refractivity contribution in [3.63, 3.8) is 0 Å². The molecule has 0 fully saturated rings. The van der Waals surface area contributed by atoms with Gasteiger partial charge in [-0.3, -0.25) is 0 Å². The first-order valence-corrected chi connectivity index (χ1v) is 7.79. The topological polar surface area (TPSA) is 18.5 Å². The van der Waals surface area contributed by atoms with Crippen molar-refractivity contribution in [1.82, 2.24) is 0 Å². The van der Waals surface area contributed by atoms with Gasteiger partial charge in [0.05, 0.1) is 0 Å². The molecule has 0 atom stereocenters. The fourth-order valence-electron chi connectivity index (χ4n) is 2.97. The van der Waals surface area contributed by atoms with Crippen molar-refractivity contribution in [1.29, 1.82) is 0 Å². The van der Waals surface area contributed by atoms with Crippen LogP contribution in [-0.2, 0) is 5.79 Å². The predicted octanol–water partition coefficient (Wildman–Crippen LogP) is 5.31. The summed E-state index contributed by atoms with van der Waals surface area (Å²) in [5, 5.41) is 0. The lowest BCUT2D eigenvalue weighted by Crippen LogP contribution is -2.35. The van der Waals surface area contributed by atoms with Crippen molar-refractivity contribution in [2.45, 2.75) is 19.6 Å². The highest BCUT2D eigenvalue weighted by Gasteiger charge is 2.35. The molecule has 0 saturated heterocycles. The number of hydrogen-bond acceptors (Lipinski definition) is 2. The molecule has 23 heavy (non-hydrogen) atoms. The highest BCUT2D eigenvalue weighted by molar-refractivity contribution is 5.76. The van der Waals surface area contributed by atoms with Gasteiger partial charge in [0, 0.05) is 23.6 Å². The minimum absolute atomic E-state index is 0.834. The van der Waals surface area contributed by atoms with E-state index in [-0.39, 0.29) is 0 Å². The van der Waals surface area contributed by atoms with E-state index in [4.69, 9.17) is 9.47 Å². The van der Waals surface area contributed by atoms with Crippen molar-refractivity contribution in [2.24, 2.45) is 0 Å². The Bertz CT molecular complexity index is 802. The van der Waals surface area contributed by atoms with Crippen LogP contribution in [0.5, 0.6) is 11.5 Å². The Balaban J connectivity index is 1.91. The second-order valence-electron chi connectivity index (χ2n) is 6.01. The summed E-state index contributed by atoms with van der Waals surface area (Å²) in [7, 11) is 0. The van der Waals surface area contributed by atoms with E-state index < -0.39 is 5.79 Å². The average molecular weight is 302 g/mol. The molecule has 2 nitrogen and oxygen atoms in total. The van der Waals surface area contributed by atoms with E-state index >= 15 is 0 Å². The summed E-state index contributed by atoms with van der Waals surface area (Å²) in [6.07, 6.45) is 0. The summed E-state index contributed by atoms with van der Waals surface area (Å²) in [5.74, 6) is 0.803. The van der Waals surface area contributed by atoms with Crippen molar-refractivity contribution in [3.05, 3.63) is 83.9 Å². The van der Waals surface area contributed by atoms with Crippen LogP contribution in [0.25, 0.3) is 11.1 Å². The zero-order chi connectivity index (χ0) is 15.9. The Hall–Kier alpha value is -2.74. The summed E-state index contributed by atoms with van der Waals surface area (Å²) >= 11 is 0. The lowest BCUT2D eigenvalue weighted by atomic mass is 10.0. The van der Waals surface area contributed by atoms with Gasteiger partial charge in [-0.25, -0.2) is 0 Å². The molecule has 3 aromatic carbocycles. The van der Waals surface area contributed by atoms with Gasteiger partial charge in [-0.15, -0.1) is 0 Å². The molecular weight excluding hydrogens is 284 g/mol. The first-order chi connectivity index (χ1) is 11.2. The maximum absolute atomic E-state index is 6.33. The second-order valence-corrected chi connectivity index (χ2v) is 6.01. The second kappa shape index (κ2) is 5.17. The van der Waals surface area contributed by atoms with Crippen LogP contribution in [0.15, 0.2) is 72.8 Å². The van der Waals surface area contributed by atoms with E-state index in [1.54, 1.807) is 0 Å². The van der Waals surface area contributed by atoms with Crippen LogP contribution >= 0.6 is 0 Å². The number of para-hydroxylation sites is 2. The molecule has 1 aliphatic heterocycles. The number of rotatable bonds is 1. The molecule has 3 aromatic rings. The number of benzene rings is 3. The molecule has 1 heterocycles. The van der Waals surface area contributed by atoms with Crippen molar-refractivity contribution >= 4 is 0 Å². The fourth-order valence-corrected chi connectivity index (χ4v) is 2.97. The molecule has 114 valence electrons. The SMILES string of the molecule is Cc1ccc(C2(C)Oc3ccccc3-c3ccccc3O2)cc1. The van der Waals surface area contributed by atoms with Gasteiger partial charge >= 0.3 is 0 Å². The Morgan fingerprint density at radius 2 is 1.13 bits per heavy atom. The van der Waals surface area contributed by atoms with E-state index in [1.165, 1.54) is 5.56 Å². The molecule has 2 heteroatoms. The van der Waals surface area contributed by atoms with Gasteiger partial charge in [-0.05, 0) is 19.1 Å². The summed E-state index contributed by atoms with van der Waals surface area (Å²) < 4.78 is 12.7. The first-order valence-electron chi connectivity index (χ1n) is 7.79. The van der Waals surface area contributed by atoms with Crippen molar-refractivity contribution in [2.75, 3.05) is 0 Å². The Kier molecular flexibility index (Phi) is 3.12. The summed E-state index contributed by atoms with van der Waals surface area (Å²) in [6, 6.07) is 24.4. The van der Waals surface area contributed by atoms with E-state index in [0.717, 1.165) is 28.2 Å². The van der Waals surface area contributed by atoms with E-state index in [2.05, 4.69) is 43.3 Å². The highest BCUT2D eigenvalue weighted by atomic mass is 16.7. The fraction of sp³-hybridized carbons (Fsp3) is 0.143. The normalized spacial score (nSPS) is 14.7. The van der Waals surface area contributed by atoms with Crippen LogP contribution in [0.4, 0.5) is 0 Å². The highest BCUT2D eigenvalue weighted by Crippen LogP contribution is 2.44. The minimum Gasteiger partial charge on any atom is -0.448 e. The minimum atomic E-state index is -0.865. The zero-order valence-corrected chi connectivity index (χ0v) is 13.2. The maximum Gasteiger partial charge on any atom is 0.275 e. The smallest absolute Gasteiger partial charge is 0.275 e. The van der Waals surface area contributed by atoms with Crippen molar-refractivity contribution in [3.8, 4) is 22.6 Å². The lowest BCUT2D eigenvalue weighted by molar-refractivity contribution is -0.102. The van der Waals surface area contributed by atoms with Crippen LogP contribution in [0, 0.1) is 6.92 Å². The third-order valence-corrected chi connectivity index (χ3v) is 4.25. The molecule has 0 aliphatic carbocycles. The van der Waals surface area contributed by atoms with Crippen LogP contribution in [0.3, 0.4) is 0 Å². The largest absolute Gasteiger partial charge is 0.448 e. The molecule has 0 spiro atoms. The van der Waals surface area contributed by atoms with Gasteiger partial charge < -0.3 is 9.47 Å². The molecule has 4 rings (SSSR count). The molecule has 0 saturated carbocycles. The number of ether oxygens (including phenoxy) is 2. The maximum atomic E-state index is 6.33. The lowest BCUT2D eigenvalue weighted by Gasteiger charge is -2.30. The van der Waals surface area contributed by atoms with Gasteiger partial charge in [-0.2, -0.15) is 0 Å². The zero-order valence-electron chi connectivity index (χ0n) is 13.2. The molecule has 0 amide bonds. The Labute approximate surface area is 136 Å². The molecule has 0 radical (unpaired) electrons. The van der Waals surface area contributed by atoms with Crippen LogP contribution in [0.2, 0.25) is 0 Å². The van der Waals surface area contributed by atoms with Gasteiger partial charge in [0.25, 0.3) is 5.79 Å². The van der Waals surface area contributed by atoms with E-state index in [9.17, 15) is 0 Å². The van der Waals surface area contributed by atoms with Gasteiger partial charge in [-0.1, -0.05) is 66.2 Å². The summed E-state index contributed by atoms with van der Waals surface area (Å²) in [4.78, 5) is 0. The van der Waals surface area contributed by atoms with Crippen LogP contribution in [-0.4, -0.2) is 0 Å². The molecule has 0 unspecified atom stereocenters. The van der Waals surface area contributed by atoms with Gasteiger partial charge in [0.1, 0.15) is 11.5 Å². The monoisotopic (exact) mass is 302 g/mol. The molecular formula is C21H18O2. The summed E-state index contributed by atoms with van der Waals surface area (Å²) in [6.45, 7) is 4.04. The average Bonchev–Trinajstić information content (AvgIpc) is 2.69. The summed E-state index contributed by atoms with van der Waals surface area (Å²) in [5.41, 5.74) is 4.32. The first kappa shape index (κ1) is 13.9. The number of fused-ring (bicyclic) bond motifs is 3. The van der Waals surface area contributed by atoms with Crippen LogP contribution in [0.1, 0.15) is 18.1 Å². The third-order valence-electron chi connectivity index (χ3n) is 4.25. The quantitative estimate of drug-likeness (QED) is 0.607. The number of hydrogen-bond donors (Lipinski definition) is 0. The van der Waals surface area contributed by atoms with E-state index in [1.807, 2.05) is 43.3 Å². The number of aryl methyl sites for hydroxylation is 1. The van der Waals surface area contributed by atoms with Gasteiger partial charge in [0.15, 0.2) is 0 Å². The molecule has 1 aliphatic rings. The van der Waals surface area contributed by atoms with E-state index in [0.29, 0.717) is 0 Å². The van der Waals surface area contributed by atoms with Crippen molar-refractivity contribution < 1.29 is 9.47 Å². The molecule has 0 N–H and O–H groups in total. The Morgan fingerprint density at radius 3 is 1.65 bits per heavy atom. The standard InChI is InChI=1S/C21H18O2/c1-15-11-13-16(14-12-15)21(2)22-19-9-5-3-7-17(19)18-8-4-6-10-20(18)23-21/h3-14H,1-2H3. The van der Waals surface area contributed by atoms with Crippen LogP contribution < -0.4 is 9.47 Å². The Morgan fingerprint density at radius 1 is 0.652 bits per heavy atom. The van der Waals surface area contributed by atoms with Gasteiger partial charge in [0.2, 0.25) is 0 Å². The predicted molar refractivity (Wildman–Crippen MR) is 91.7 cm³/mol. The molecule has 0 bridgehead atoms. The third kappa shape index (κ3) is 2.36.